The third-order valence-corrected chi connectivity index (χ3v) is 4.52. The lowest BCUT2D eigenvalue weighted by Gasteiger charge is -2.33. The first-order valence-corrected chi connectivity index (χ1v) is 8.20. The molecule has 2 fully saturated rings. The van der Waals surface area contributed by atoms with Gasteiger partial charge >= 0.3 is 0 Å². The van der Waals surface area contributed by atoms with Gasteiger partial charge in [-0.2, -0.15) is 0 Å². The zero-order valence-electron chi connectivity index (χ0n) is 13.4. The van der Waals surface area contributed by atoms with Gasteiger partial charge in [0.15, 0.2) is 0 Å². The quantitative estimate of drug-likeness (QED) is 0.905. The van der Waals surface area contributed by atoms with Crippen molar-refractivity contribution in [1.29, 1.82) is 0 Å². The number of hydrogen-bond acceptors (Lipinski definition) is 4. The first-order chi connectivity index (χ1) is 10.6. The summed E-state index contributed by atoms with van der Waals surface area (Å²) >= 11 is 0. The van der Waals surface area contributed by atoms with E-state index in [0.717, 1.165) is 31.7 Å². The largest absolute Gasteiger partial charge is 0.371 e. The van der Waals surface area contributed by atoms with Crippen molar-refractivity contribution in [1.82, 2.24) is 9.88 Å². The van der Waals surface area contributed by atoms with E-state index >= 15 is 0 Å². The van der Waals surface area contributed by atoms with E-state index in [0.29, 0.717) is 5.92 Å². The maximum Gasteiger partial charge on any atom is 0.230 e. The molecule has 2 aliphatic rings. The van der Waals surface area contributed by atoms with Crippen molar-refractivity contribution in [2.45, 2.75) is 38.9 Å². The molecule has 1 N–H and O–H groups in total. The molecule has 120 valence electrons. The average molecular weight is 303 g/mol. The maximum atomic E-state index is 12.5. The van der Waals surface area contributed by atoms with Crippen LogP contribution in [0.3, 0.4) is 0 Å². The Bertz CT molecular complexity index is 506. The van der Waals surface area contributed by atoms with Gasteiger partial charge in [-0.25, -0.2) is 0 Å². The van der Waals surface area contributed by atoms with Gasteiger partial charge in [-0.3, -0.25) is 14.7 Å². The van der Waals surface area contributed by atoms with Crippen molar-refractivity contribution in [2.24, 2.45) is 11.8 Å². The van der Waals surface area contributed by atoms with Gasteiger partial charge in [0.05, 0.1) is 30.0 Å². The SMILES string of the molecule is CC(C)CCN1C[C@@H]2C[C@@H](C(=O)Nc3cccnc3)[C@H](C1)O2. The Kier molecular flexibility index (Phi) is 4.74. The minimum absolute atomic E-state index is 0.0302. The Morgan fingerprint density at radius 1 is 1.50 bits per heavy atom. The molecule has 2 bridgehead atoms. The van der Waals surface area contributed by atoms with E-state index in [1.165, 1.54) is 6.42 Å². The fraction of sp³-hybridized carbons (Fsp3) is 0.647. The fourth-order valence-electron chi connectivity index (χ4n) is 3.31. The van der Waals surface area contributed by atoms with Crippen LogP contribution in [-0.2, 0) is 9.53 Å². The van der Waals surface area contributed by atoms with Crippen LogP contribution < -0.4 is 5.32 Å². The van der Waals surface area contributed by atoms with Gasteiger partial charge < -0.3 is 10.1 Å². The van der Waals surface area contributed by atoms with Crippen molar-refractivity contribution < 1.29 is 9.53 Å². The van der Waals surface area contributed by atoms with Crippen molar-refractivity contribution in [2.75, 3.05) is 25.0 Å². The second-order valence-electron chi connectivity index (χ2n) is 6.81. The molecule has 0 aromatic carbocycles. The monoisotopic (exact) mass is 303 g/mol. The molecule has 0 spiro atoms. The zero-order chi connectivity index (χ0) is 15.5. The smallest absolute Gasteiger partial charge is 0.230 e. The first-order valence-electron chi connectivity index (χ1n) is 8.20. The van der Waals surface area contributed by atoms with E-state index in [2.05, 4.69) is 29.0 Å². The summed E-state index contributed by atoms with van der Waals surface area (Å²) < 4.78 is 5.99. The van der Waals surface area contributed by atoms with Crippen LogP contribution in [0.4, 0.5) is 5.69 Å². The van der Waals surface area contributed by atoms with Crippen molar-refractivity contribution >= 4 is 11.6 Å². The molecule has 1 amide bonds. The third kappa shape index (κ3) is 3.65. The summed E-state index contributed by atoms with van der Waals surface area (Å²) in [5, 5.41) is 2.96. The van der Waals surface area contributed by atoms with Gasteiger partial charge in [0, 0.05) is 19.3 Å². The highest BCUT2D eigenvalue weighted by molar-refractivity contribution is 5.93. The zero-order valence-corrected chi connectivity index (χ0v) is 13.4. The highest BCUT2D eigenvalue weighted by Crippen LogP contribution is 2.33. The molecule has 2 aliphatic heterocycles. The van der Waals surface area contributed by atoms with Crippen LogP contribution in [0.15, 0.2) is 24.5 Å². The molecule has 3 atom stereocenters. The van der Waals surface area contributed by atoms with Crippen LogP contribution in [-0.4, -0.2) is 47.6 Å². The van der Waals surface area contributed by atoms with Crippen LogP contribution in [0.25, 0.3) is 0 Å². The summed E-state index contributed by atoms with van der Waals surface area (Å²) in [7, 11) is 0. The number of morpholine rings is 1. The normalized spacial score (nSPS) is 28.0. The van der Waals surface area contributed by atoms with Crippen LogP contribution in [0.5, 0.6) is 0 Å². The van der Waals surface area contributed by atoms with E-state index in [1.807, 2.05) is 12.1 Å². The van der Waals surface area contributed by atoms with Gasteiger partial charge in [-0.05, 0) is 37.4 Å². The number of nitrogens with zero attached hydrogens (tertiary/aromatic N) is 2. The standard InChI is InChI=1S/C17H25N3O2/c1-12(2)5-7-20-10-14-8-15(16(11-20)22-14)17(21)19-13-4-3-6-18-9-13/h3-4,6,9,12,14-16H,5,7-8,10-11H2,1-2H3,(H,19,21)/t14-,15+,16-/m0/s1. The molecule has 1 aromatic heterocycles. The number of nitrogens with one attached hydrogen (secondary N) is 1. The lowest BCUT2D eigenvalue weighted by molar-refractivity contribution is -0.122. The van der Waals surface area contributed by atoms with Crippen molar-refractivity contribution in [3.05, 3.63) is 24.5 Å². The number of carbonyl (C=O) groups is 1. The molecule has 22 heavy (non-hydrogen) atoms. The van der Waals surface area contributed by atoms with Crippen LogP contribution in [0.2, 0.25) is 0 Å². The van der Waals surface area contributed by atoms with Crippen molar-refractivity contribution in [3.63, 3.8) is 0 Å². The van der Waals surface area contributed by atoms with E-state index in [4.69, 9.17) is 4.74 Å². The number of anilines is 1. The molecule has 2 saturated heterocycles. The van der Waals surface area contributed by atoms with Crippen LogP contribution in [0.1, 0.15) is 26.7 Å². The Balaban J connectivity index is 1.57. The van der Waals surface area contributed by atoms with Gasteiger partial charge in [0.25, 0.3) is 0 Å². The van der Waals surface area contributed by atoms with Crippen LogP contribution in [0, 0.1) is 11.8 Å². The summed E-state index contributed by atoms with van der Waals surface area (Å²) in [6, 6.07) is 3.69. The summed E-state index contributed by atoms with van der Waals surface area (Å²) in [4.78, 5) is 19.0. The summed E-state index contributed by atoms with van der Waals surface area (Å²) in [5.74, 6) is 0.727. The Morgan fingerprint density at radius 3 is 3.09 bits per heavy atom. The minimum atomic E-state index is -0.0470. The molecular formula is C17H25N3O2. The molecule has 0 radical (unpaired) electrons. The number of ether oxygens (including phenoxy) is 1. The predicted octanol–water partition coefficient (Wildman–Crippen LogP) is 2.16. The van der Waals surface area contributed by atoms with Gasteiger partial charge in [0.1, 0.15) is 0 Å². The second kappa shape index (κ2) is 6.75. The molecule has 0 saturated carbocycles. The third-order valence-electron chi connectivity index (χ3n) is 4.52. The predicted molar refractivity (Wildman–Crippen MR) is 85.5 cm³/mol. The maximum absolute atomic E-state index is 12.5. The number of fused-ring (bicyclic) bond motifs is 2. The minimum Gasteiger partial charge on any atom is -0.371 e. The molecular weight excluding hydrogens is 278 g/mol. The topological polar surface area (TPSA) is 54.5 Å². The van der Waals surface area contributed by atoms with E-state index in [1.54, 1.807) is 12.4 Å². The average Bonchev–Trinajstić information content (AvgIpc) is 2.81. The molecule has 5 nitrogen and oxygen atoms in total. The van der Waals surface area contributed by atoms with Gasteiger partial charge in [-0.1, -0.05) is 13.8 Å². The number of pyridine rings is 1. The molecule has 3 rings (SSSR count). The van der Waals surface area contributed by atoms with Crippen LogP contribution >= 0.6 is 0 Å². The number of aromatic nitrogens is 1. The summed E-state index contributed by atoms with van der Waals surface area (Å²) in [5.41, 5.74) is 0.755. The van der Waals surface area contributed by atoms with E-state index in [9.17, 15) is 4.79 Å². The molecule has 0 aliphatic carbocycles. The van der Waals surface area contributed by atoms with Crippen molar-refractivity contribution in [3.8, 4) is 0 Å². The second-order valence-corrected chi connectivity index (χ2v) is 6.81. The molecule has 3 heterocycles. The highest BCUT2D eigenvalue weighted by Gasteiger charge is 2.44. The molecule has 1 aromatic rings. The number of carbonyl (C=O) groups excluding carboxylic acids is 1. The number of amides is 1. The van der Waals surface area contributed by atoms with E-state index < -0.39 is 0 Å². The summed E-state index contributed by atoms with van der Waals surface area (Å²) in [6.07, 6.45) is 5.64. The van der Waals surface area contributed by atoms with Gasteiger partial charge in [0.2, 0.25) is 5.91 Å². The molecule has 5 heteroatoms. The molecule has 0 unspecified atom stereocenters. The summed E-state index contributed by atoms with van der Waals surface area (Å²) in [6.45, 7) is 7.43. The lowest BCUT2D eigenvalue weighted by atomic mass is 9.99. The number of rotatable bonds is 5. The fourth-order valence-corrected chi connectivity index (χ4v) is 3.31. The number of hydrogen-bond donors (Lipinski definition) is 1. The van der Waals surface area contributed by atoms with Gasteiger partial charge in [-0.15, -0.1) is 0 Å². The van der Waals surface area contributed by atoms with E-state index in [-0.39, 0.29) is 24.0 Å². The Hall–Kier alpha value is -1.46. The first kappa shape index (κ1) is 15.4. The highest BCUT2D eigenvalue weighted by atomic mass is 16.5. The Labute approximate surface area is 132 Å². The Morgan fingerprint density at radius 2 is 2.36 bits per heavy atom. The number of likely N-dealkylation sites (tertiary alicyclic amines) is 1. The lowest BCUT2D eigenvalue weighted by Crippen LogP contribution is -2.45.